The van der Waals surface area contributed by atoms with Gasteiger partial charge in [-0.15, -0.1) is 0 Å². The lowest BCUT2D eigenvalue weighted by Crippen LogP contribution is -2.45. The lowest BCUT2D eigenvalue weighted by molar-refractivity contribution is -0.143. The minimum Gasteiger partial charge on any atom is -0.491 e. The molecule has 1 saturated heterocycles. The standard InChI is InChI=1S/C20H26N2O3/c23-19(21-17-13-25-18-10-4-3-9-16(17)18)14-7-1-2-8-15(14)20(24)22-11-5-6-12-22/h3-4,9-10,14-15,17H,1-2,5-8,11-13H2,(H,21,23)/t14-,15-,17+/m0/s1. The average Bonchev–Trinajstić information content (AvgIpc) is 3.32. The molecule has 2 fully saturated rings. The number of carbonyl (C=O) groups is 2. The molecule has 2 aliphatic heterocycles. The quantitative estimate of drug-likeness (QED) is 0.919. The predicted octanol–water partition coefficient (Wildman–Crippen LogP) is 2.67. The summed E-state index contributed by atoms with van der Waals surface area (Å²) < 4.78 is 5.66. The number of likely N-dealkylation sites (tertiary alicyclic amines) is 1. The predicted molar refractivity (Wildman–Crippen MR) is 94.1 cm³/mol. The highest BCUT2D eigenvalue weighted by Crippen LogP contribution is 2.35. The van der Waals surface area contributed by atoms with Gasteiger partial charge in [0.25, 0.3) is 0 Å². The maximum atomic E-state index is 13.0. The van der Waals surface area contributed by atoms with Crippen LogP contribution in [-0.4, -0.2) is 36.4 Å². The fourth-order valence-corrected chi connectivity index (χ4v) is 4.47. The topological polar surface area (TPSA) is 58.6 Å². The van der Waals surface area contributed by atoms with Gasteiger partial charge in [0, 0.05) is 30.5 Å². The Hall–Kier alpha value is -2.04. The van der Waals surface area contributed by atoms with Crippen molar-refractivity contribution in [3.63, 3.8) is 0 Å². The summed E-state index contributed by atoms with van der Waals surface area (Å²) in [5.41, 5.74) is 1.04. The molecular formula is C20H26N2O3. The van der Waals surface area contributed by atoms with Crippen molar-refractivity contribution < 1.29 is 14.3 Å². The van der Waals surface area contributed by atoms with E-state index in [1.807, 2.05) is 29.2 Å². The Morgan fingerprint density at radius 3 is 2.52 bits per heavy atom. The minimum absolute atomic E-state index is 0.0162. The summed E-state index contributed by atoms with van der Waals surface area (Å²) in [4.78, 5) is 27.8. The molecule has 0 bridgehead atoms. The van der Waals surface area contributed by atoms with Gasteiger partial charge in [0.2, 0.25) is 11.8 Å². The van der Waals surface area contributed by atoms with Crippen LogP contribution in [0.25, 0.3) is 0 Å². The van der Waals surface area contributed by atoms with Crippen LogP contribution in [0, 0.1) is 11.8 Å². The first-order valence-corrected chi connectivity index (χ1v) is 9.55. The number of nitrogens with one attached hydrogen (secondary N) is 1. The van der Waals surface area contributed by atoms with Crippen LogP contribution in [-0.2, 0) is 9.59 Å². The van der Waals surface area contributed by atoms with Gasteiger partial charge in [0.05, 0.1) is 6.04 Å². The molecule has 2 heterocycles. The molecule has 4 rings (SSSR count). The van der Waals surface area contributed by atoms with Crippen molar-refractivity contribution in [1.29, 1.82) is 0 Å². The minimum atomic E-state index is -0.199. The van der Waals surface area contributed by atoms with E-state index in [4.69, 9.17) is 4.74 Å². The number of rotatable bonds is 3. The van der Waals surface area contributed by atoms with Crippen LogP contribution >= 0.6 is 0 Å². The highest BCUT2D eigenvalue weighted by molar-refractivity contribution is 5.88. The third kappa shape index (κ3) is 3.24. The number of benzene rings is 1. The highest BCUT2D eigenvalue weighted by Gasteiger charge is 2.39. The van der Waals surface area contributed by atoms with Crippen LogP contribution in [0.4, 0.5) is 0 Å². The van der Waals surface area contributed by atoms with E-state index in [1.54, 1.807) is 0 Å². The zero-order valence-electron chi connectivity index (χ0n) is 14.6. The van der Waals surface area contributed by atoms with Crippen molar-refractivity contribution in [3.8, 4) is 5.75 Å². The van der Waals surface area contributed by atoms with E-state index in [9.17, 15) is 9.59 Å². The van der Waals surface area contributed by atoms with Gasteiger partial charge in [0.15, 0.2) is 0 Å². The molecule has 1 saturated carbocycles. The molecule has 3 atom stereocenters. The summed E-state index contributed by atoms with van der Waals surface area (Å²) in [6.07, 6.45) is 5.90. The molecule has 1 aromatic carbocycles. The molecular weight excluding hydrogens is 316 g/mol. The maximum absolute atomic E-state index is 13.0. The van der Waals surface area contributed by atoms with E-state index < -0.39 is 0 Å². The molecule has 0 spiro atoms. The van der Waals surface area contributed by atoms with Crippen molar-refractivity contribution in [2.75, 3.05) is 19.7 Å². The van der Waals surface area contributed by atoms with Crippen molar-refractivity contribution in [2.24, 2.45) is 11.8 Å². The Morgan fingerprint density at radius 1 is 1.00 bits per heavy atom. The van der Waals surface area contributed by atoms with Gasteiger partial charge in [-0.1, -0.05) is 31.0 Å². The first-order chi connectivity index (χ1) is 12.2. The third-order valence-corrected chi connectivity index (χ3v) is 5.85. The Bertz CT molecular complexity index is 654. The van der Waals surface area contributed by atoms with Gasteiger partial charge in [-0.05, 0) is 31.7 Å². The smallest absolute Gasteiger partial charge is 0.226 e. The van der Waals surface area contributed by atoms with Gasteiger partial charge in [-0.25, -0.2) is 0 Å². The Morgan fingerprint density at radius 2 is 1.72 bits per heavy atom. The lowest BCUT2D eigenvalue weighted by Gasteiger charge is -2.33. The van der Waals surface area contributed by atoms with Gasteiger partial charge < -0.3 is 15.0 Å². The second kappa shape index (κ2) is 7.06. The van der Waals surface area contributed by atoms with Crippen molar-refractivity contribution in [2.45, 2.75) is 44.6 Å². The van der Waals surface area contributed by atoms with Gasteiger partial charge in [0.1, 0.15) is 12.4 Å². The summed E-state index contributed by atoms with van der Waals surface area (Å²) in [5, 5.41) is 3.15. The number of carbonyl (C=O) groups excluding carboxylic acids is 2. The Kier molecular flexibility index (Phi) is 4.64. The largest absolute Gasteiger partial charge is 0.491 e. The molecule has 134 valence electrons. The molecule has 5 heteroatoms. The van der Waals surface area contributed by atoms with Crippen molar-refractivity contribution in [3.05, 3.63) is 29.8 Å². The van der Waals surface area contributed by atoms with Crippen LogP contribution in [0.1, 0.15) is 50.1 Å². The molecule has 1 aliphatic carbocycles. The van der Waals surface area contributed by atoms with Crippen LogP contribution in [0.2, 0.25) is 0 Å². The van der Waals surface area contributed by atoms with E-state index in [0.29, 0.717) is 6.61 Å². The summed E-state index contributed by atoms with van der Waals surface area (Å²) in [5.74, 6) is 0.711. The Labute approximate surface area is 148 Å². The first-order valence-electron chi connectivity index (χ1n) is 9.55. The van der Waals surface area contributed by atoms with Crippen molar-refractivity contribution >= 4 is 11.8 Å². The molecule has 3 aliphatic rings. The summed E-state index contributed by atoms with van der Waals surface area (Å²) in [6.45, 7) is 2.18. The molecule has 1 N–H and O–H groups in total. The number of fused-ring (bicyclic) bond motifs is 1. The fraction of sp³-hybridized carbons (Fsp3) is 0.600. The first kappa shape index (κ1) is 16.4. The summed E-state index contributed by atoms with van der Waals surface area (Å²) >= 11 is 0. The van der Waals surface area contributed by atoms with Crippen LogP contribution in [0.3, 0.4) is 0 Å². The van der Waals surface area contributed by atoms with Crippen molar-refractivity contribution in [1.82, 2.24) is 10.2 Å². The van der Waals surface area contributed by atoms with E-state index in [2.05, 4.69) is 5.32 Å². The number of ether oxygens (including phenoxy) is 1. The van der Waals surface area contributed by atoms with E-state index >= 15 is 0 Å². The number of hydrogen-bond donors (Lipinski definition) is 1. The van der Waals surface area contributed by atoms with Crippen LogP contribution < -0.4 is 10.1 Å². The molecule has 0 radical (unpaired) electrons. The second-order valence-electron chi connectivity index (χ2n) is 7.44. The Balaban J connectivity index is 1.45. The molecule has 0 aromatic heterocycles. The highest BCUT2D eigenvalue weighted by atomic mass is 16.5. The van der Waals surface area contributed by atoms with Gasteiger partial charge >= 0.3 is 0 Å². The number of hydrogen-bond acceptors (Lipinski definition) is 3. The van der Waals surface area contributed by atoms with E-state index in [1.165, 1.54) is 0 Å². The van der Waals surface area contributed by atoms with E-state index in [0.717, 1.165) is 62.9 Å². The zero-order chi connectivity index (χ0) is 17.2. The third-order valence-electron chi connectivity index (χ3n) is 5.85. The van der Waals surface area contributed by atoms with Crippen LogP contribution in [0.5, 0.6) is 5.75 Å². The normalized spacial score (nSPS) is 28.3. The molecule has 1 aromatic rings. The molecule has 5 nitrogen and oxygen atoms in total. The number of amides is 2. The monoisotopic (exact) mass is 342 g/mol. The number of para-hydroxylation sites is 1. The number of nitrogens with zero attached hydrogens (tertiary/aromatic N) is 1. The lowest BCUT2D eigenvalue weighted by atomic mass is 9.77. The fourth-order valence-electron chi connectivity index (χ4n) is 4.47. The molecule has 2 amide bonds. The second-order valence-corrected chi connectivity index (χ2v) is 7.44. The maximum Gasteiger partial charge on any atom is 0.226 e. The molecule has 25 heavy (non-hydrogen) atoms. The summed E-state index contributed by atoms with van der Waals surface area (Å²) in [6, 6.07) is 7.73. The van der Waals surface area contributed by atoms with E-state index in [-0.39, 0.29) is 29.7 Å². The molecule has 0 unspecified atom stereocenters. The van der Waals surface area contributed by atoms with Gasteiger partial charge in [-0.2, -0.15) is 0 Å². The van der Waals surface area contributed by atoms with Crippen LogP contribution in [0.15, 0.2) is 24.3 Å². The zero-order valence-corrected chi connectivity index (χ0v) is 14.6. The summed E-state index contributed by atoms with van der Waals surface area (Å²) in [7, 11) is 0. The SMILES string of the molecule is O=C(N[C@@H]1COc2ccccc21)[C@H]1CCCC[C@@H]1C(=O)N1CCCC1. The van der Waals surface area contributed by atoms with Gasteiger partial charge in [-0.3, -0.25) is 9.59 Å². The average molecular weight is 342 g/mol.